The summed E-state index contributed by atoms with van der Waals surface area (Å²) in [6.45, 7) is 2.82. The minimum atomic E-state index is -0.241. The van der Waals surface area contributed by atoms with Crippen molar-refractivity contribution in [3.63, 3.8) is 0 Å². The maximum absolute atomic E-state index is 12.9. The first-order chi connectivity index (χ1) is 12.6. The van der Waals surface area contributed by atoms with E-state index in [0.29, 0.717) is 12.5 Å². The highest BCUT2D eigenvalue weighted by Gasteiger charge is 2.05. The zero-order valence-corrected chi connectivity index (χ0v) is 17.9. The molecular formula is C20H26FIN4O. The average Bonchev–Trinajstić information content (AvgIpc) is 2.66. The molecule has 0 aromatic heterocycles. The normalized spacial score (nSPS) is 10.7. The van der Waals surface area contributed by atoms with Crippen molar-refractivity contribution in [2.75, 3.05) is 25.5 Å². The predicted molar refractivity (Wildman–Crippen MR) is 119 cm³/mol. The van der Waals surface area contributed by atoms with Gasteiger partial charge in [0.1, 0.15) is 5.82 Å². The van der Waals surface area contributed by atoms with Crippen molar-refractivity contribution < 1.29 is 9.18 Å². The van der Waals surface area contributed by atoms with Gasteiger partial charge in [0.05, 0.1) is 6.54 Å². The van der Waals surface area contributed by atoms with E-state index >= 15 is 0 Å². The van der Waals surface area contributed by atoms with Gasteiger partial charge in [-0.25, -0.2) is 4.39 Å². The van der Waals surface area contributed by atoms with Gasteiger partial charge in [-0.05, 0) is 48.2 Å². The molecule has 0 aliphatic rings. The number of nitrogens with zero attached hydrogens (tertiary/aromatic N) is 1. The standard InChI is InChI=1S/C20H25FN4O.HI/c1-3-15-5-4-6-18(13-15)25-19(26)14-24-20(22-2)23-12-11-16-7-9-17(21)10-8-16;/h4-10,13H,3,11-12,14H2,1-2H3,(H,25,26)(H2,22,23,24);1H. The molecule has 0 unspecified atom stereocenters. The Labute approximate surface area is 176 Å². The van der Waals surface area contributed by atoms with Crippen LogP contribution in [0.1, 0.15) is 18.1 Å². The highest BCUT2D eigenvalue weighted by molar-refractivity contribution is 14.0. The fraction of sp³-hybridized carbons (Fsp3) is 0.300. The zero-order valence-electron chi connectivity index (χ0n) is 15.6. The lowest BCUT2D eigenvalue weighted by Gasteiger charge is -2.12. The maximum atomic E-state index is 12.9. The Hall–Kier alpha value is -2.16. The van der Waals surface area contributed by atoms with Crippen LogP contribution in [0.2, 0.25) is 0 Å². The SMILES string of the molecule is CCc1cccc(NC(=O)CNC(=NC)NCCc2ccc(F)cc2)c1.I. The molecule has 2 rings (SSSR count). The molecule has 0 bridgehead atoms. The topological polar surface area (TPSA) is 65.5 Å². The Morgan fingerprint density at radius 1 is 1.07 bits per heavy atom. The average molecular weight is 484 g/mol. The van der Waals surface area contributed by atoms with Crippen molar-refractivity contribution in [1.82, 2.24) is 10.6 Å². The van der Waals surface area contributed by atoms with Crippen LogP contribution in [0.15, 0.2) is 53.5 Å². The summed E-state index contributed by atoms with van der Waals surface area (Å²) in [4.78, 5) is 16.2. The van der Waals surface area contributed by atoms with Gasteiger partial charge >= 0.3 is 0 Å². The third-order valence-electron chi connectivity index (χ3n) is 3.88. The second-order valence-electron chi connectivity index (χ2n) is 5.83. The van der Waals surface area contributed by atoms with Crippen molar-refractivity contribution in [2.45, 2.75) is 19.8 Å². The van der Waals surface area contributed by atoms with Crippen molar-refractivity contribution in [3.05, 3.63) is 65.5 Å². The smallest absolute Gasteiger partial charge is 0.243 e. The molecule has 2 aromatic carbocycles. The Bertz CT molecular complexity index is 750. The number of hydrogen-bond acceptors (Lipinski definition) is 2. The third-order valence-corrected chi connectivity index (χ3v) is 3.88. The molecule has 27 heavy (non-hydrogen) atoms. The first kappa shape index (κ1) is 22.9. The van der Waals surface area contributed by atoms with E-state index in [9.17, 15) is 9.18 Å². The molecule has 0 heterocycles. The number of nitrogens with one attached hydrogen (secondary N) is 3. The summed E-state index contributed by atoms with van der Waals surface area (Å²) in [5.74, 6) is 0.166. The number of carbonyl (C=O) groups excluding carboxylic acids is 1. The maximum Gasteiger partial charge on any atom is 0.243 e. The van der Waals surface area contributed by atoms with Crippen LogP contribution in [0.3, 0.4) is 0 Å². The Morgan fingerprint density at radius 2 is 1.81 bits per heavy atom. The van der Waals surface area contributed by atoms with Crippen LogP contribution in [-0.4, -0.2) is 32.0 Å². The summed E-state index contributed by atoms with van der Waals surface area (Å²) in [5.41, 5.74) is 2.99. The van der Waals surface area contributed by atoms with Gasteiger partial charge in [0.15, 0.2) is 5.96 Å². The number of benzene rings is 2. The number of aryl methyl sites for hydroxylation is 1. The Kier molecular flexibility index (Phi) is 10.4. The van der Waals surface area contributed by atoms with Gasteiger partial charge in [-0.15, -0.1) is 24.0 Å². The summed E-state index contributed by atoms with van der Waals surface area (Å²) in [6.07, 6.45) is 1.66. The van der Waals surface area contributed by atoms with Crippen LogP contribution in [0, 0.1) is 5.82 Å². The van der Waals surface area contributed by atoms with Crippen LogP contribution < -0.4 is 16.0 Å². The molecule has 1 amide bonds. The fourth-order valence-corrected chi connectivity index (χ4v) is 2.44. The summed E-state index contributed by atoms with van der Waals surface area (Å²) >= 11 is 0. The molecule has 0 fully saturated rings. The van der Waals surface area contributed by atoms with Crippen LogP contribution in [0.4, 0.5) is 10.1 Å². The molecule has 146 valence electrons. The summed E-state index contributed by atoms with van der Waals surface area (Å²) in [5, 5.41) is 8.98. The molecule has 0 radical (unpaired) electrons. The molecule has 7 heteroatoms. The quantitative estimate of drug-likeness (QED) is 0.321. The van der Waals surface area contributed by atoms with Gasteiger partial charge in [0, 0.05) is 19.3 Å². The third kappa shape index (κ3) is 8.38. The van der Waals surface area contributed by atoms with Gasteiger partial charge in [-0.2, -0.15) is 0 Å². The predicted octanol–water partition coefficient (Wildman–Crippen LogP) is 3.35. The number of amides is 1. The highest BCUT2D eigenvalue weighted by Crippen LogP contribution is 2.10. The van der Waals surface area contributed by atoms with Crippen molar-refractivity contribution in [2.24, 2.45) is 4.99 Å². The number of hydrogen-bond donors (Lipinski definition) is 3. The van der Waals surface area contributed by atoms with E-state index in [2.05, 4.69) is 27.9 Å². The van der Waals surface area contributed by atoms with Crippen LogP contribution in [-0.2, 0) is 17.6 Å². The largest absolute Gasteiger partial charge is 0.356 e. The number of anilines is 1. The van der Waals surface area contributed by atoms with E-state index in [4.69, 9.17) is 0 Å². The number of halogens is 2. The van der Waals surface area contributed by atoms with E-state index in [1.165, 1.54) is 17.7 Å². The molecule has 3 N–H and O–H groups in total. The molecule has 2 aromatic rings. The molecule has 0 aliphatic heterocycles. The van der Waals surface area contributed by atoms with Crippen LogP contribution in [0.5, 0.6) is 0 Å². The molecule has 0 saturated carbocycles. The lowest BCUT2D eigenvalue weighted by molar-refractivity contribution is -0.115. The summed E-state index contributed by atoms with van der Waals surface area (Å²) in [7, 11) is 1.65. The van der Waals surface area contributed by atoms with Gasteiger partial charge in [-0.3, -0.25) is 9.79 Å². The summed E-state index contributed by atoms with van der Waals surface area (Å²) in [6, 6.07) is 14.2. The Morgan fingerprint density at radius 3 is 2.48 bits per heavy atom. The van der Waals surface area contributed by atoms with E-state index in [1.54, 1.807) is 19.2 Å². The molecule has 0 atom stereocenters. The second-order valence-corrected chi connectivity index (χ2v) is 5.83. The van der Waals surface area contributed by atoms with E-state index < -0.39 is 0 Å². The van der Waals surface area contributed by atoms with Crippen molar-refractivity contribution in [3.8, 4) is 0 Å². The van der Waals surface area contributed by atoms with E-state index in [-0.39, 0.29) is 42.2 Å². The molecule has 0 aliphatic carbocycles. The lowest BCUT2D eigenvalue weighted by atomic mass is 10.1. The number of aliphatic imine (C=N–C) groups is 1. The minimum absolute atomic E-state index is 0. The monoisotopic (exact) mass is 484 g/mol. The van der Waals surface area contributed by atoms with Crippen molar-refractivity contribution in [1.29, 1.82) is 0 Å². The zero-order chi connectivity index (χ0) is 18.8. The van der Waals surface area contributed by atoms with Crippen LogP contribution >= 0.6 is 24.0 Å². The molecule has 5 nitrogen and oxygen atoms in total. The van der Waals surface area contributed by atoms with Crippen LogP contribution in [0.25, 0.3) is 0 Å². The minimum Gasteiger partial charge on any atom is -0.356 e. The molecule has 0 spiro atoms. The lowest BCUT2D eigenvalue weighted by Crippen LogP contribution is -2.42. The van der Waals surface area contributed by atoms with Gasteiger partial charge < -0.3 is 16.0 Å². The number of carbonyl (C=O) groups is 1. The van der Waals surface area contributed by atoms with Crippen molar-refractivity contribution >= 4 is 41.5 Å². The molecular weight excluding hydrogens is 458 g/mol. The number of rotatable bonds is 7. The first-order valence-electron chi connectivity index (χ1n) is 8.68. The highest BCUT2D eigenvalue weighted by atomic mass is 127. The van der Waals surface area contributed by atoms with E-state index in [1.807, 2.05) is 24.3 Å². The van der Waals surface area contributed by atoms with Gasteiger partial charge in [-0.1, -0.05) is 31.2 Å². The van der Waals surface area contributed by atoms with E-state index in [0.717, 1.165) is 24.1 Å². The summed E-state index contributed by atoms with van der Waals surface area (Å²) < 4.78 is 12.9. The van der Waals surface area contributed by atoms with Gasteiger partial charge in [0.2, 0.25) is 5.91 Å². The molecule has 0 saturated heterocycles. The fourth-order valence-electron chi connectivity index (χ4n) is 2.44. The van der Waals surface area contributed by atoms with Gasteiger partial charge in [0.25, 0.3) is 0 Å². The second kappa shape index (κ2) is 12.3. The Balaban J connectivity index is 0.00000364. The first-order valence-corrected chi connectivity index (χ1v) is 8.68. The number of guanidine groups is 1.